The Balaban J connectivity index is 3.48. The van der Waals surface area contributed by atoms with Crippen LogP contribution in [-0.4, -0.2) is 14.2 Å². The van der Waals surface area contributed by atoms with Crippen molar-refractivity contribution in [1.29, 1.82) is 0 Å². The number of nitrogens with two attached hydrogens (primary N) is 1. The Kier molecular flexibility index (Phi) is 3.08. The van der Waals surface area contributed by atoms with Crippen molar-refractivity contribution in [3.8, 4) is 0 Å². The lowest BCUT2D eigenvalue weighted by Crippen LogP contribution is -2.14. The van der Waals surface area contributed by atoms with Gasteiger partial charge in [0.1, 0.15) is 4.21 Å². The molecule has 1 rings (SSSR count). The van der Waals surface area contributed by atoms with Gasteiger partial charge >= 0.3 is 0 Å². The fourth-order valence-electron chi connectivity index (χ4n) is 1.21. The highest BCUT2D eigenvalue weighted by molar-refractivity contribution is 7.91. The van der Waals surface area contributed by atoms with Gasteiger partial charge in [0.25, 0.3) is 0 Å². The number of hydrogen-bond donors (Lipinski definition) is 1. The van der Waals surface area contributed by atoms with Crippen LogP contribution in [0.1, 0.15) is 29.8 Å². The number of thiophene rings is 1. The third-order valence-electron chi connectivity index (χ3n) is 1.82. The van der Waals surface area contributed by atoms with Gasteiger partial charge in [0.2, 0.25) is 10.0 Å². The van der Waals surface area contributed by atoms with Gasteiger partial charge in [-0.3, -0.25) is 4.79 Å². The van der Waals surface area contributed by atoms with Crippen LogP contribution in [0.25, 0.3) is 0 Å². The van der Waals surface area contributed by atoms with Gasteiger partial charge in [0.05, 0.1) is 5.56 Å². The molecule has 1 aromatic heterocycles. The van der Waals surface area contributed by atoms with E-state index in [9.17, 15) is 13.2 Å². The van der Waals surface area contributed by atoms with Crippen LogP contribution >= 0.6 is 11.3 Å². The highest BCUT2D eigenvalue weighted by Gasteiger charge is 2.22. The molecule has 0 spiro atoms. The molecule has 0 unspecified atom stereocenters. The first-order valence-corrected chi connectivity index (χ1v) is 6.44. The van der Waals surface area contributed by atoms with Crippen molar-refractivity contribution < 1.29 is 13.2 Å². The van der Waals surface area contributed by atoms with Crippen molar-refractivity contribution in [1.82, 2.24) is 0 Å². The van der Waals surface area contributed by atoms with E-state index in [2.05, 4.69) is 0 Å². The second kappa shape index (κ2) is 3.80. The van der Waals surface area contributed by atoms with Crippen LogP contribution in [-0.2, 0) is 16.4 Å². The summed E-state index contributed by atoms with van der Waals surface area (Å²) in [6, 6.07) is 0. The van der Waals surface area contributed by atoms with Crippen molar-refractivity contribution in [2.45, 2.75) is 24.5 Å². The summed E-state index contributed by atoms with van der Waals surface area (Å²) in [5.74, 6) is -0.257. The van der Waals surface area contributed by atoms with Gasteiger partial charge in [-0.25, -0.2) is 13.6 Å². The number of aryl methyl sites for hydroxylation is 1. The largest absolute Gasteiger partial charge is 0.294 e. The maximum absolute atomic E-state index is 11.2. The number of carbonyl (C=O) groups excluding carboxylic acids is 1. The number of carbonyl (C=O) groups is 1. The smallest absolute Gasteiger partial charge is 0.248 e. The minimum absolute atomic E-state index is 0.0261. The Morgan fingerprint density at radius 1 is 1.57 bits per heavy atom. The van der Waals surface area contributed by atoms with Crippen LogP contribution in [0.5, 0.6) is 0 Å². The van der Waals surface area contributed by atoms with Crippen LogP contribution < -0.4 is 5.14 Å². The lowest BCUT2D eigenvalue weighted by Gasteiger charge is -1.99. The molecule has 2 N–H and O–H groups in total. The maximum Gasteiger partial charge on any atom is 0.248 e. The standard InChI is InChI=1S/C8H11NO3S2/c1-3-6-4-13-8(14(9,11)12)7(6)5(2)10/h4H,3H2,1-2H3,(H2,9,11,12). The lowest BCUT2D eigenvalue weighted by molar-refractivity contribution is 0.101. The van der Waals surface area contributed by atoms with E-state index in [0.29, 0.717) is 6.42 Å². The molecule has 0 radical (unpaired) electrons. The number of Topliss-reactive ketones (excluding diaryl/α,β-unsaturated/α-hetero) is 1. The van der Waals surface area contributed by atoms with E-state index in [0.717, 1.165) is 16.9 Å². The fourth-order valence-corrected chi connectivity index (χ4v) is 3.38. The van der Waals surface area contributed by atoms with Crippen molar-refractivity contribution in [2.75, 3.05) is 0 Å². The predicted molar refractivity (Wildman–Crippen MR) is 55.1 cm³/mol. The third-order valence-corrected chi connectivity index (χ3v) is 4.35. The molecule has 0 bridgehead atoms. The molecule has 0 aromatic carbocycles. The van der Waals surface area contributed by atoms with Gasteiger partial charge in [-0.05, 0) is 24.3 Å². The lowest BCUT2D eigenvalue weighted by atomic mass is 10.1. The number of ketones is 1. The fraction of sp³-hybridized carbons (Fsp3) is 0.375. The highest BCUT2D eigenvalue weighted by Crippen LogP contribution is 2.27. The van der Waals surface area contributed by atoms with E-state index in [1.54, 1.807) is 5.38 Å². The van der Waals surface area contributed by atoms with Crippen LogP contribution in [0.4, 0.5) is 0 Å². The van der Waals surface area contributed by atoms with E-state index in [4.69, 9.17) is 5.14 Å². The normalized spacial score (nSPS) is 11.6. The number of rotatable bonds is 3. The Bertz CT molecular complexity index is 459. The number of sulfonamides is 1. The summed E-state index contributed by atoms with van der Waals surface area (Å²) in [6.45, 7) is 3.21. The van der Waals surface area contributed by atoms with E-state index in [-0.39, 0.29) is 15.6 Å². The number of primary sulfonamides is 1. The Morgan fingerprint density at radius 3 is 2.50 bits per heavy atom. The SMILES string of the molecule is CCc1csc(S(N)(=O)=O)c1C(C)=O. The molecule has 1 heterocycles. The topological polar surface area (TPSA) is 77.2 Å². The Hall–Kier alpha value is -0.720. The molecule has 14 heavy (non-hydrogen) atoms. The molecule has 0 fully saturated rings. The minimum Gasteiger partial charge on any atom is -0.294 e. The average Bonchev–Trinajstić information content (AvgIpc) is 2.45. The zero-order chi connectivity index (χ0) is 10.9. The predicted octanol–water partition coefficient (Wildman–Crippen LogP) is 1.16. The van der Waals surface area contributed by atoms with Crippen LogP contribution in [0.15, 0.2) is 9.59 Å². The van der Waals surface area contributed by atoms with E-state index < -0.39 is 10.0 Å². The van der Waals surface area contributed by atoms with Crippen molar-refractivity contribution in [3.05, 3.63) is 16.5 Å². The molecule has 0 atom stereocenters. The summed E-state index contributed by atoms with van der Waals surface area (Å²) in [4.78, 5) is 11.2. The van der Waals surface area contributed by atoms with Crippen molar-refractivity contribution >= 4 is 27.1 Å². The quantitative estimate of drug-likeness (QED) is 0.796. The number of hydrogen-bond acceptors (Lipinski definition) is 4. The first-order chi connectivity index (χ1) is 6.38. The van der Waals surface area contributed by atoms with E-state index >= 15 is 0 Å². The molecule has 6 heteroatoms. The van der Waals surface area contributed by atoms with Gasteiger partial charge in [0.15, 0.2) is 5.78 Å². The summed E-state index contributed by atoms with van der Waals surface area (Å²) >= 11 is 1.00. The minimum atomic E-state index is -3.77. The summed E-state index contributed by atoms with van der Waals surface area (Å²) < 4.78 is 22.2. The molecule has 0 aliphatic carbocycles. The second-order valence-electron chi connectivity index (χ2n) is 2.88. The van der Waals surface area contributed by atoms with Gasteiger partial charge in [0, 0.05) is 0 Å². The van der Waals surface area contributed by atoms with Gasteiger partial charge in [-0.1, -0.05) is 6.92 Å². The zero-order valence-electron chi connectivity index (χ0n) is 7.90. The average molecular weight is 233 g/mol. The second-order valence-corrected chi connectivity index (χ2v) is 5.51. The summed E-state index contributed by atoms with van der Waals surface area (Å²) in [7, 11) is -3.77. The molecular formula is C8H11NO3S2. The maximum atomic E-state index is 11.2. The molecule has 78 valence electrons. The monoisotopic (exact) mass is 233 g/mol. The summed E-state index contributed by atoms with van der Waals surface area (Å²) in [5, 5.41) is 6.66. The van der Waals surface area contributed by atoms with Crippen LogP contribution in [0.3, 0.4) is 0 Å². The molecule has 0 aliphatic rings. The molecular weight excluding hydrogens is 222 g/mol. The molecule has 0 amide bonds. The molecule has 0 saturated heterocycles. The first-order valence-electron chi connectivity index (χ1n) is 4.02. The van der Waals surface area contributed by atoms with Gasteiger partial charge in [-0.15, -0.1) is 11.3 Å². The van der Waals surface area contributed by atoms with E-state index in [1.165, 1.54) is 6.92 Å². The molecule has 0 aliphatic heterocycles. The highest BCUT2D eigenvalue weighted by atomic mass is 32.2. The Morgan fingerprint density at radius 2 is 2.14 bits per heavy atom. The molecule has 0 saturated carbocycles. The van der Waals surface area contributed by atoms with Crippen molar-refractivity contribution in [3.63, 3.8) is 0 Å². The molecule has 4 nitrogen and oxygen atoms in total. The van der Waals surface area contributed by atoms with Crippen LogP contribution in [0.2, 0.25) is 0 Å². The summed E-state index contributed by atoms with van der Waals surface area (Å²) in [5.41, 5.74) is 0.992. The summed E-state index contributed by atoms with van der Waals surface area (Å²) in [6.07, 6.45) is 0.626. The first kappa shape index (κ1) is 11.4. The third kappa shape index (κ3) is 2.02. The Labute approximate surface area is 86.8 Å². The zero-order valence-corrected chi connectivity index (χ0v) is 9.54. The van der Waals surface area contributed by atoms with Crippen molar-refractivity contribution in [2.24, 2.45) is 5.14 Å². The van der Waals surface area contributed by atoms with Crippen LogP contribution in [0, 0.1) is 0 Å². The van der Waals surface area contributed by atoms with Gasteiger partial charge < -0.3 is 0 Å². The molecule has 1 aromatic rings. The van der Waals surface area contributed by atoms with Gasteiger partial charge in [-0.2, -0.15) is 0 Å². The van der Waals surface area contributed by atoms with E-state index in [1.807, 2.05) is 6.92 Å².